The Morgan fingerprint density at radius 1 is 1.11 bits per heavy atom. The minimum atomic E-state index is -1.26. The van der Waals surface area contributed by atoms with Gasteiger partial charge in [-0.1, -0.05) is 58.5 Å². The fourth-order valence-electron chi connectivity index (χ4n) is 2.48. The molecule has 27 heavy (non-hydrogen) atoms. The molecule has 1 saturated heterocycles. The van der Waals surface area contributed by atoms with Crippen molar-refractivity contribution in [1.82, 2.24) is 15.6 Å². The predicted octanol–water partition coefficient (Wildman–Crippen LogP) is 4.00. The van der Waals surface area contributed by atoms with E-state index in [0.717, 1.165) is 0 Å². The number of imide groups is 1. The molecule has 2 aromatic rings. The van der Waals surface area contributed by atoms with Gasteiger partial charge in [-0.25, -0.2) is 9.78 Å². The number of halogens is 4. The van der Waals surface area contributed by atoms with E-state index in [1.165, 1.54) is 6.07 Å². The summed E-state index contributed by atoms with van der Waals surface area (Å²) in [5.41, 5.74) is -0.664. The SMILES string of the molecule is CC1(c2cccc(NC(=O)c3nc(Cl)c(Cl)c(Cl)c3Cl)c2)NC(=O)NC1=O. The smallest absolute Gasteiger partial charge is 0.321 e. The Morgan fingerprint density at radius 2 is 1.81 bits per heavy atom. The van der Waals surface area contributed by atoms with Crippen molar-refractivity contribution in [2.75, 3.05) is 5.32 Å². The molecule has 2 heterocycles. The van der Waals surface area contributed by atoms with Crippen LogP contribution in [0.3, 0.4) is 0 Å². The number of amides is 4. The Hall–Kier alpha value is -2.06. The van der Waals surface area contributed by atoms with E-state index in [1.54, 1.807) is 25.1 Å². The first-order chi connectivity index (χ1) is 12.6. The van der Waals surface area contributed by atoms with Crippen molar-refractivity contribution >= 4 is 69.9 Å². The zero-order chi connectivity index (χ0) is 19.9. The number of anilines is 1. The van der Waals surface area contributed by atoms with Gasteiger partial charge in [0.25, 0.3) is 11.8 Å². The van der Waals surface area contributed by atoms with E-state index in [4.69, 9.17) is 46.4 Å². The van der Waals surface area contributed by atoms with Crippen LogP contribution in [0, 0.1) is 0 Å². The second kappa shape index (κ2) is 7.16. The zero-order valence-corrected chi connectivity index (χ0v) is 16.5. The van der Waals surface area contributed by atoms with Crippen LogP contribution in [0.15, 0.2) is 24.3 Å². The number of nitrogens with zero attached hydrogens (tertiary/aromatic N) is 1. The van der Waals surface area contributed by atoms with E-state index in [9.17, 15) is 14.4 Å². The Bertz CT molecular complexity index is 998. The summed E-state index contributed by atoms with van der Waals surface area (Å²) in [6, 6.07) is 5.79. The largest absolute Gasteiger partial charge is 0.322 e. The van der Waals surface area contributed by atoms with E-state index < -0.39 is 23.4 Å². The molecule has 1 aliphatic rings. The summed E-state index contributed by atoms with van der Waals surface area (Å²) in [5.74, 6) is -1.18. The molecule has 140 valence electrons. The zero-order valence-electron chi connectivity index (χ0n) is 13.5. The lowest BCUT2D eigenvalue weighted by Gasteiger charge is -2.21. The number of hydrogen-bond donors (Lipinski definition) is 3. The number of carbonyl (C=O) groups excluding carboxylic acids is 3. The quantitative estimate of drug-likeness (QED) is 0.488. The fourth-order valence-corrected chi connectivity index (χ4v) is 3.30. The first kappa shape index (κ1) is 19.7. The van der Waals surface area contributed by atoms with Crippen molar-refractivity contribution in [1.29, 1.82) is 0 Å². The van der Waals surface area contributed by atoms with E-state index in [2.05, 4.69) is 20.9 Å². The summed E-state index contributed by atoms with van der Waals surface area (Å²) in [4.78, 5) is 39.9. The standard InChI is InChI=1S/C16H10Cl4N4O3/c1-16(14(26)23-15(27)24-16)6-3-2-4-7(5-6)21-13(25)11-9(18)8(17)10(19)12(20)22-11/h2-5H,1H3,(H,21,25)(H2,23,24,26,27). The highest BCUT2D eigenvalue weighted by atomic mass is 35.5. The molecule has 1 aromatic carbocycles. The summed E-state index contributed by atoms with van der Waals surface area (Å²) in [5, 5.41) is 6.85. The molecule has 0 spiro atoms. The van der Waals surface area contributed by atoms with Crippen molar-refractivity contribution in [3.8, 4) is 0 Å². The van der Waals surface area contributed by atoms with Gasteiger partial charge in [0.2, 0.25) is 0 Å². The second-order valence-corrected chi connectivity index (χ2v) is 7.25. The van der Waals surface area contributed by atoms with Gasteiger partial charge < -0.3 is 10.6 Å². The molecule has 1 fully saturated rings. The molecule has 1 unspecified atom stereocenters. The number of pyridine rings is 1. The fraction of sp³-hybridized carbons (Fsp3) is 0.125. The highest BCUT2D eigenvalue weighted by Gasteiger charge is 2.43. The van der Waals surface area contributed by atoms with E-state index in [1.807, 2.05) is 0 Å². The molecule has 3 N–H and O–H groups in total. The Balaban J connectivity index is 1.91. The molecule has 0 aliphatic carbocycles. The highest BCUT2D eigenvalue weighted by Crippen LogP contribution is 2.36. The third-order valence-corrected chi connectivity index (χ3v) is 5.62. The maximum absolute atomic E-state index is 12.5. The van der Waals surface area contributed by atoms with Gasteiger partial charge in [-0.15, -0.1) is 0 Å². The van der Waals surface area contributed by atoms with Crippen LogP contribution in [0.25, 0.3) is 0 Å². The summed E-state index contributed by atoms with van der Waals surface area (Å²) in [7, 11) is 0. The van der Waals surface area contributed by atoms with Gasteiger partial charge in [0.15, 0.2) is 0 Å². The topological polar surface area (TPSA) is 100 Å². The Labute approximate surface area is 173 Å². The lowest BCUT2D eigenvalue weighted by Crippen LogP contribution is -2.40. The second-order valence-electron chi connectivity index (χ2n) is 5.76. The lowest BCUT2D eigenvalue weighted by molar-refractivity contribution is -0.123. The number of benzene rings is 1. The molecule has 1 atom stereocenters. The highest BCUT2D eigenvalue weighted by molar-refractivity contribution is 6.52. The molecule has 1 aliphatic heterocycles. The van der Waals surface area contributed by atoms with Gasteiger partial charge in [0.1, 0.15) is 16.4 Å². The maximum atomic E-state index is 12.5. The number of rotatable bonds is 3. The number of aromatic nitrogens is 1. The predicted molar refractivity (Wildman–Crippen MR) is 103 cm³/mol. The Kier molecular flexibility index (Phi) is 5.22. The number of hydrogen-bond acceptors (Lipinski definition) is 4. The van der Waals surface area contributed by atoms with Gasteiger partial charge in [-0.2, -0.15) is 0 Å². The average molecular weight is 448 g/mol. The van der Waals surface area contributed by atoms with Crippen molar-refractivity contribution in [2.24, 2.45) is 0 Å². The number of carbonyl (C=O) groups is 3. The van der Waals surface area contributed by atoms with Gasteiger partial charge in [-0.3, -0.25) is 14.9 Å². The summed E-state index contributed by atoms with van der Waals surface area (Å²) in [6.45, 7) is 1.55. The molecule has 4 amide bonds. The van der Waals surface area contributed by atoms with Gasteiger partial charge in [-0.05, 0) is 24.6 Å². The van der Waals surface area contributed by atoms with Crippen molar-refractivity contribution in [3.63, 3.8) is 0 Å². The van der Waals surface area contributed by atoms with Gasteiger partial charge in [0.05, 0.1) is 15.1 Å². The molecular weight excluding hydrogens is 438 g/mol. The van der Waals surface area contributed by atoms with E-state index in [0.29, 0.717) is 11.3 Å². The van der Waals surface area contributed by atoms with Crippen LogP contribution in [0.4, 0.5) is 10.5 Å². The van der Waals surface area contributed by atoms with E-state index in [-0.39, 0.29) is 25.9 Å². The minimum Gasteiger partial charge on any atom is -0.321 e. The molecule has 1 aromatic heterocycles. The molecule has 11 heteroatoms. The van der Waals surface area contributed by atoms with Crippen molar-refractivity contribution < 1.29 is 14.4 Å². The van der Waals surface area contributed by atoms with Crippen molar-refractivity contribution in [2.45, 2.75) is 12.5 Å². The molecule has 0 bridgehead atoms. The summed E-state index contributed by atoms with van der Waals surface area (Å²) >= 11 is 23.7. The molecule has 3 rings (SSSR count). The van der Waals surface area contributed by atoms with Crippen LogP contribution >= 0.6 is 46.4 Å². The maximum Gasteiger partial charge on any atom is 0.322 e. The van der Waals surface area contributed by atoms with Crippen molar-refractivity contribution in [3.05, 3.63) is 55.7 Å². The third-order valence-electron chi connectivity index (χ3n) is 3.94. The monoisotopic (exact) mass is 446 g/mol. The lowest BCUT2D eigenvalue weighted by atomic mass is 9.92. The van der Waals surface area contributed by atoms with Crippen LogP contribution in [0.1, 0.15) is 23.0 Å². The molecular formula is C16H10Cl4N4O3. The normalized spacial score (nSPS) is 18.9. The molecule has 0 saturated carbocycles. The third kappa shape index (κ3) is 3.55. The summed E-state index contributed by atoms with van der Waals surface area (Å²) in [6.07, 6.45) is 0. The summed E-state index contributed by atoms with van der Waals surface area (Å²) < 4.78 is 0. The Morgan fingerprint density at radius 3 is 2.44 bits per heavy atom. The van der Waals surface area contributed by atoms with Crippen LogP contribution in [-0.2, 0) is 10.3 Å². The van der Waals surface area contributed by atoms with Crippen LogP contribution < -0.4 is 16.0 Å². The first-order valence-electron chi connectivity index (χ1n) is 7.39. The molecule has 0 radical (unpaired) electrons. The van der Waals surface area contributed by atoms with Crippen LogP contribution in [0.5, 0.6) is 0 Å². The van der Waals surface area contributed by atoms with Gasteiger partial charge >= 0.3 is 6.03 Å². The first-order valence-corrected chi connectivity index (χ1v) is 8.90. The molecule has 7 nitrogen and oxygen atoms in total. The van der Waals surface area contributed by atoms with Gasteiger partial charge in [0, 0.05) is 5.69 Å². The van der Waals surface area contributed by atoms with E-state index >= 15 is 0 Å². The number of urea groups is 1. The van der Waals surface area contributed by atoms with Crippen LogP contribution in [0.2, 0.25) is 20.2 Å². The van der Waals surface area contributed by atoms with Crippen LogP contribution in [-0.4, -0.2) is 22.8 Å². The number of nitrogens with one attached hydrogen (secondary N) is 3. The average Bonchev–Trinajstić information content (AvgIpc) is 2.89. The minimum absolute atomic E-state index is 0.0576.